The van der Waals surface area contributed by atoms with Crippen molar-refractivity contribution in [1.29, 1.82) is 0 Å². The van der Waals surface area contributed by atoms with Gasteiger partial charge in [-0.3, -0.25) is 14.8 Å². The first-order valence-electron chi connectivity index (χ1n) is 21.9. The highest BCUT2D eigenvalue weighted by Crippen LogP contribution is 2.27. The highest BCUT2D eigenvalue weighted by molar-refractivity contribution is 6.01. The molecule has 0 saturated heterocycles. The summed E-state index contributed by atoms with van der Waals surface area (Å²) in [4.78, 5) is 46.1. The van der Waals surface area contributed by atoms with E-state index in [1.165, 1.54) is 19.8 Å². The van der Waals surface area contributed by atoms with Crippen LogP contribution in [0.2, 0.25) is 0 Å². The number of hydrogen-bond acceptors (Lipinski definition) is 11. The lowest BCUT2D eigenvalue weighted by Crippen LogP contribution is -2.21. The standard InChI is InChI=1S/C27H29N3O3.C19H17NO4.C8H12N2/c1-29(15-13-23-6-4-5-14-28-23)18-22-19-30(17-20-7-10-24(32-2)11-8-20)26-16-21(27(31)33-3)9-12-25(22)26;1-23-16-6-3-13(4-7-16)10-20-11-15(12-21)17-8-5-14(9-18(17)20)19(22)24-2;1-9-7-5-8-4-2-3-6-10-8/h4-12,14,16,19H,13,15,17-18H2,1-3H3;3-9,11-12H,10H2,1-2H3;2-4,6,9H,5,7H2,1H3. The Balaban J connectivity index is 0.000000189. The van der Waals surface area contributed by atoms with Crippen molar-refractivity contribution in [3.63, 3.8) is 0 Å². The van der Waals surface area contributed by atoms with Gasteiger partial charge in [-0.2, -0.15) is 0 Å². The van der Waals surface area contributed by atoms with Crippen molar-refractivity contribution in [2.75, 3.05) is 55.6 Å². The van der Waals surface area contributed by atoms with E-state index in [4.69, 9.17) is 18.9 Å². The zero-order valence-electron chi connectivity index (χ0n) is 39.0. The SMILES string of the molecule is CNCCc1ccccn1.COC(=O)c1ccc2c(C=O)cn(Cc3ccc(OC)cc3)c2c1.COC(=O)c1ccc2c(CN(C)CCc3ccccn3)cn(Cc3ccc(OC)cc3)c2c1. The van der Waals surface area contributed by atoms with Gasteiger partial charge in [0.15, 0.2) is 6.29 Å². The summed E-state index contributed by atoms with van der Waals surface area (Å²) in [7, 11) is 10.1. The summed E-state index contributed by atoms with van der Waals surface area (Å²) in [6, 6.07) is 38.7. The number of nitrogens with one attached hydrogen (secondary N) is 1. The molecule has 8 rings (SSSR count). The number of nitrogens with zero attached hydrogens (tertiary/aromatic N) is 5. The Labute approximate surface area is 391 Å². The number of benzene rings is 4. The van der Waals surface area contributed by atoms with Gasteiger partial charge in [0.05, 0.1) is 39.6 Å². The van der Waals surface area contributed by atoms with Crippen molar-refractivity contribution in [3.05, 3.63) is 191 Å². The van der Waals surface area contributed by atoms with Gasteiger partial charge in [0.2, 0.25) is 0 Å². The summed E-state index contributed by atoms with van der Waals surface area (Å²) in [6.07, 6.45) is 10.4. The van der Waals surface area contributed by atoms with Crippen molar-refractivity contribution in [2.45, 2.75) is 32.5 Å². The number of fused-ring (bicyclic) bond motifs is 2. The van der Waals surface area contributed by atoms with E-state index in [-0.39, 0.29) is 5.97 Å². The molecule has 13 heteroatoms. The van der Waals surface area contributed by atoms with Crippen LogP contribution < -0.4 is 14.8 Å². The molecule has 8 aromatic rings. The fourth-order valence-electron chi connectivity index (χ4n) is 7.54. The van der Waals surface area contributed by atoms with Crippen LogP contribution in [-0.4, -0.2) is 97.9 Å². The number of carbonyl (C=O) groups excluding carboxylic acids is 3. The number of carbonyl (C=O) groups is 3. The predicted molar refractivity (Wildman–Crippen MR) is 262 cm³/mol. The Hall–Kier alpha value is -7.61. The minimum atomic E-state index is -0.401. The number of methoxy groups -OCH3 is 4. The van der Waals surface area contributed by atoms with Gasteiger partial charge in [0, 0.05) is 109 Å². The number of esters is 2. The Bertz CT molecular complexity index is 2830. The molecule has 0 aliphatic heterocycles. The van der Waals surface area contributed by atoms with Crippen molar-refractivity contribution >= 4 is 40.0 Å². The Morgan fingerprint density at radius 1 is 0.642 bits per heavy atom. The van der Waals surface area contributed by atoms with Gasteiger partial charge in [-0.25, -0.2) is 9.59 Å². The lowest BCUT2D eigenvalue weighted by atomic mass is 10.1. The third-order valence-electron chi connectivity index (χ3n) is 11.1. The lowest BCUT2D eigenvalue weighted by molar-refractivity contribution is 0.0592. The monoisotopic (exact) mass is 902 g/mol. The van der Waals surface area contributed by atoms with Gasteiger partial charge < -0.3 is 38.3 Å². The third-order valence-corrected chi connectivity index (χ3v) is 11.1. The first-order valence-corrected chi connectivity index (χ1v) is 21.9. The normalized spacial score (nSPS) is 10.7. The third kappa shape index (κ3) is 13.5. The van der Waals surface area contributed by atoms with E-state index in [9.17, 15) is 14.4 Å². The molecule has 4 aromatic heterocycles. The van der Waals surface area contributed by atoms with Gasteiger partial charge in [-0.15, -0.1) is 0 Å². The van der Waals surface area contributed by atoms with Gasteiger partial charge >= 0.3 is 11.9 Å². The van der Waals surface area contributed by atoms with Crippen LogP contribution in [0.4, 0.5) is 0 Å². The van der Waals surface area contributed by atoms with Crippen LogP contribution in [-0.2, 0) is 41.9 Å². The molecule has 4 aromatic carbocycles. The number of ether oxygens (including phenoxy) is 4. The average Bonchev–Trinajstić information content (AvgIpc) is 3.91. The summed E-state index contributed by atoms with van der Waals surface area (Å²) >= 11 is 0. The molecule has 0 aliphatic carbocycles. The highest BCUT2D eigenvalue weighted by atomic mass is 16.5. The summed E-state index contributed by atoms with van der Waals surface area (Å²) in [5.41, 5.74) is 9.11. The number of aldehydes is 1. The van der Waals surface area contributed by atoms with Gasteiger partial charge in [0.25, 0.3) is 0 Å². The quantitative estimate of drug-likeness (QED) is 0.0694. The van der Waals surface area contributed by atoms with Crippen LogP contribution >= 0.6 is 0 Å². The Morgan fingerprint density at radius 2 is 1.15 bits per heavy atom. The van der Waals surface area contributed by atoms with Crippen molar-refractivity contribution in [1.82, 2.24) is 29.3 Å². The second-order valence-electron chi connectivity index (χ2n) is 15.7. The zero-order valence-corrected chi connectivity index (χ0v) is 39.0. The second kappa shape index (κ2) is 24.6. The molecule has 0 aliphatic rings. The topological polar surface area (TPSA) is 139 Å². The first kappa shape index (κ1) is 48.8. The van der Waals surface area contributed by atoms with E-state index in [1.54, 1.807) is 38.6 Å². The fraction of sp³-hybridized carbons (Fsp3) is 0.241. The van der Waals surface area contributed by atoms with E-state index in [0.717, 1.165) is 94.6 Å². The summed E-state index contributed by atoms with van der Waals surface area (Å²) < 4.78 is 24.3. The molecule has 0 fully saturated rings. The smallest absolute Gasteiger partial charge is 0.337 e. The molecule has 346 valence electrons. The summed E-state index contributed by atoms with van der Waals surface area (Å²) in [5.74, 6) is 0.891. The second-order valence-corrected chi connectivity index (χ2v) is 15.7. The molecule has 0 spiro atoms. The lowest BCUT2D eigenvalue weighted by Gasteiger charge is -2.16. The van der Waals surface area contributed by atoms with E-state index < -0.39 is 5.97 Å². The van der Waals surface area contributed by atoms with Crippen molar-refractivity contribution in [2.24, 2.45) is 0 Å². The number of pyridine rings is 2. The van der Waals surface area contributed by atoms with E-state index in [0.29, 0.717) is 29.8 Å². The van der Waals surface area contributed by atoms with E-state index >= 15 is 0 Å². The Kier molecular flexibility index (Phi) is 17.9. The zero-order chi connectivity index (χ0) is 47.5. The number of aromatic nitrogens is 4. The van der Waals surface area contributed by atoms with Gasteiger partial charge in [-0.1, -0.05) is 48.5 Å². The summed E-state index contributed by atoms with van der Waals surface area (Å²) in [5, 5.41) is 5.03. The average molecular weight is 903 g/mol. The minimum absolute atomic E-state index is 0.330. The Morgan fingerprint density at radius 3 is 1.63 bits per heavy atom. The maximum atomic E-state index is 12.1. The maximum absolute atomic E-state index is 12.1. The number of hydrogen-bond donors (Lipinski definition) is 1. The predicted octanol–water partition coefficient (Wildman–Crippen LogP) is 8.70. The molecule has 1 N–H and O–H groups in total. The number of rotatable bonds is 17. The number of likely N-dealkylation sites (N-methyl/N-ethyl adjacent to an activating group) is 2. The van der Waals surface area contributed by atoms with Crippen LogP contribution in [0.3, 0.4) is 0 Å². The van der Waals surface area contributed by atoms with Gasteiger partial charge in [-0.05, 0) is 104 Å². The molecule has 0 amide bonds. The van der Waals surface area contributed by atoms with Crippen LogP contribution in [0.1, 0.15) is 59.2 Å². The molecular weight excluding hydrogens is 845 g/mol. The van der Waals surface area contributed by atoms with E-state index in [1.807, 2.05) is 109 Å². The molecule has 67 heavy (non-hydrogen) atoms. The molecule has 4 heterocycles. The molecular formula is C54H58N6O7. The fourth-order valence-corrected chi connectivity index (χ4v) is 7.54. The first-order chi connectivity index (χ1) is 32.7. The van der Waals surface area contributed by atoms with E-state index in [2.05, 4.69) is 56.2 Å². The molecule has 0 unspecified atom stereocenters. The minimum Gasteiger partial charge on any atom is -0.497 e. The molecule has 0 atom stereocenters. The maximum Gasteiger partial charge on any atom is 0.337 e. The van der Waals surface area contributed by atoms with Crippen molar-refractivity contribution in [3.8, 4) is 11.5 Å². The molecule has 0 saturated carbocycles. The van der Waals surface area contributed by atoms with Crippen LogP contribution in [0.5, 0.6) is 11.5 Å². The largest absolute Gasteiger partial charge is 0.497 e. The van der Waals surface area contributed by atoms with Crippen LogP contribution in [0.25, 0.3) is 21.8 Å². The molecule has 0 radical (unpaired) electrons. The van der Waals surface area contributed by atoms with Crippen LogP contribution in [0, 0.1) is 0 Å². The van der Waals surface area contributed by atoms with Gasteiger partial charge in [0.1, 0.15) is 11.5 Å². The molecule has 0 bridgehead atoms. The summed E-state index contributed by atoms with van der Waals surface area (Å²) in [6.45, 7) is 3.98. The highest BCUT2D eigenvalue weighted by Gasteiger charge is 2.16. The van der Waals surface area contributed by atoms with Crippen molar-refractivity contribution < 1.29 is 33.3 Å². The molecule has 13 nitrogen and oxygen atoms in total. The van der Waals surface area contributed by atoms with Crippen LogP contribution in [0.15, 0.2) is 146 Å².